The number of halogens is 2. The maximum absolute atomic E-state index is 11.1. The zero-order valence-electron chi connectivity index (χ0n) is 7.37. The van der Waals surface area contributed by atoms with Crippen molar-refractivity contribution in [2.75, 3.05) is 6.26 Å². The SMILES string of the molecule is CS(=O)(=O)c1ncc(CCl)c(CCl)n1. The van der Waals surface area contributed by atoms with Crippen molar-refractivity contribution in [1.29, 1.82) is 0 Å². The van der Waals surface area contributed by atoms with Gasteiger partial charge < -0.3 is 0 Å². The van der Waals surface area contributed by atoms with E-state index >= 15 is 0 Å². The van der Waals surface area contributed by atoms with Gasteiger partial charge in [-0.25, -0.2) is 18.4 Å². The first-order chi connectivity index (χ1) is 6.49. The Balaban J connectivity index is 3.28. The van der Waals surface area contributed by atoms with E-state index in [1.54, 1.807) is 0 Å². The number of hydrogen-bond acceptors (Lipinski definition) is 4. The maximum atomic E-state index is 11.1. The summed E-state index contributed by atoms with van der Waals surface area (Å²) in [4.78, 5) is 7.51. The normalized spacial score (nSPS) is 11.6. The van der Waals surface area contributed by atoms with Gasteiger partial charge in [0, 0.05) is 18.0 Å². The first-order valence-electron chi connectivity index (χ1n) is 3.66. The van der Waals surface area contributed by atoms with Crippen LogP contribution in [0.2, 0.25) is 0 Å². The van der Waals surface area contributed by atoms with Crippen LogP contribution in [0, 0.1) is 0 Å². The molecular formula is C7H8Cl2N2O2S. The van der Waals surface area contributed by atoms with E-state index in [4.69, 9.17) is 23.2 Å². The first kappa shape index (κ1) is 11.7. The summed E-state index contributed by atoms with van der Waals surface area (Å²) in [5.41, 5.74) is 1.10. The average molecular weight is 255 g/mol. The third-order valence-electron chi connectivity index (χ3n) is 1.53. The van der Waals surface area contributed by atoms with E-state index in [0.717, 1.165) is 6.26 Å². The van der Waals surface area contributed by atoms with Crippen molar-refractivity contribution in [1.82, 2.24) is 9.97 Å². The van der Waals surface area contributed by atoms with Crippen LogP contribution in [-0.2, 0) is 21.6 Å². The van der Waals surface area contributed by atoms with Gasteiger partial charge in [0.25, 0.3) is 0 Å². The Morgan fingerprint density at radius 2 is 2.00 bits per heavy atom. The van der Waals surface area contributed by atoms with Crippen LogP contribution in [0.25, 0.3) is 0 Å². The molecule has 0 unspecified atom stereocenters. The van der Waals surface area contributed by atoms with Crippen molar-refractivity contribution in [3.05, 3.63) is 17.5 Å². The largest absolute Gasteiger partial charge is 0.247 e. The molecule has 0 aliphatic rings. The van der Waals surface area contributed by atoms with Crippen LogP contribution in [0.5, 0.6) is 0 Å². The van der Waals surface area contributed by atoms with E-state index < -0.39 is 9.84 Å². The molecule has 0 saturated heterocycles. The van der Waals surface area contributed by atoms with Gasteiger partial charge in [0.05, 0.1) is 17.5 Å². The van der Waals surface area contributed by atoms with E-state index in [1.165, 1.54) is 6.20 Å². The van der Waals surface area contributed by atoms with Crippen molar-refractivity contribution in [3.8, 4) is 0 Å². The van der Waals surface area contributed by atoms with E-state index in [0.29, 0.717) is 11.3 Å². The fourth-order valence-electron chi connectivity index (χ4n) is 0.830. The minimum Gasteiger partial charge on any atom is -0.226 e. The smallest absolute Gasteiger partial charge is 0.226 e. The summed E-state index contributed by atoms with van der Waals surface area (Å²) in [6, 6.07) is 0. The highest BCUT2D eigenvalue weighted by Gasteiger charge is 2.13. The molecule has 1 rings (SSSR count). The molecule has 1 heterocycles. The summed E-state index contributed by atoms with van der Waals surface area (Å²) in [7, 11) is -3.38. The molecule has 0 saturated carbocycles. The van der Waals surface area contributed by atoms with Gasteiger partial charge in [-0.3, -0.25) is 0 Å². The fourth-order valence-corrected chi connectivity index (χ4v) is 1.80. The molecule has 4 nitrogen and oxygen atoms in total. The first-order valence-corrected chi connectivity index (χ1v) is 6.62. The van der Waals surface area contributed by atoms with E-state index in [2.05, 4.69) is 9.97 Å². The molecule has 0 fully saturated rings. The molecule has 0 aliphatic carbocycles. The van der Waals surface area contributed by atoms with Crippen LogP contribution in [-0.4, -0.2) is 24.6 Å². The van der Waals surface area contributed by atoms with Gasteiger partial charge in [0.2, 0.25) is 15.0 Å². The Labute approximate surface area is 92.2 Å². The topological polar surface area (TPSA) is 59.9 Å². The minimum absolute atomic E-state index is 0.118. The van der Waals surface area contributed by atoms with E-state index in [9.17, 15) is 8.42 Å². The van der Waals surface area contributed by atoms with Gasteiger partial charge in [-0.2, -0.15) is 0 Å². The van der Waals surface area contributed by atoms with Crippen LogP contribution in [0.4, 0.5) is 0 Å². The molecule has 0 atom stereocenters. The molecule has 0 aliphatic heterocycles. The zero-order valence-corrected chi connectivity index (χ0v) is 9.70. The highest BCUT2D eigenvalue weighted by Crippen LogP contribution is 2.12. The molecule has 0 aromatic carbocycles. The summed E-state index contributed by atoms with van der Waals surface area (Å²) in [5, 5.41) is -0.220. The van der Waals surface area contributed by atoms with Crippen LogP contribution in [0.1, 0.15) is 11.3 Å². The number of sulfone groups is 1. The van der Waals surface area contributed by atoms with Crippen molar-refractivity contribution >= 4 is 33.0 Å². The van der Waals surface area contributed by atoms with Crippen LogP contribution in [0.15, 0.2) is 11.4 Å². The van der Waals surface area contributed by atoms with Crippen molar-refractivity contribution in [3.63, 3.8) is 0 Å². The molecule has 0 radical (unpaired) electrons. The Morgan fingerprint density at radius 3 is 2.43 bits per heavy atom. The Kier molecular flexibility index (Phi) is 3.69. The lowest BCUT2D eigenvalue weighted by atomic mass is 10.3. The van der Waals surface area contributed by atoms with Crippen LogP contribution in [0.3, 0.4) is 0 Å². The number of rotatable bonds is 3. The van der Waals surface area contributed by atoms with Gasteiger partial charge in [-0.1, -0.05) is 0 Å². The fraction of sp³-hybridized carbons (Fsp3) is 0.429. The molecule has 0 N–H and O–H groups in total. The lowest BCUT2D eigenvalue weighted by Gasteiger charge is -2.03. The Morgan fingerprint density at radius 1 is 1.36 bits per heavy atom. The summed E-state index contributed by atoms with van der Waals surface area (Å²) in [6.45, 7) is 0. The van der Waals surface area contributed by atoms with Crippen LogP contribution >= 0.6 is 23.2 Å². The summed E-state index contributed by atoms with van der Waals surface area (Å²) in [5.74, 6) is 0.333. The molecule has 78 valence electrons. The zero-order chi connectivity index (χ0) is 10.8. The third kappa shape index (κ3) is 2.56. The average Bonchev–Trinajstić information content (AvgIpc) is 2.15. The van der Waals surface area contributed by atoms with Gasteiger partial charge in [-0.05, 0) is 0 Å². The van der Waals surface area contributed by atoms with E-state index in [-0.39, 0.29) is 16.9 Å². The minimum atomic E-state index is -3.38. The highest BCUT2D eigenvalue weighted by atomic mass is 35.5. The van der Waals surface area contributed by atoms with Crippen LogP contribution < -0.4 is 0 Å². The number of hydrogen-bond donors (Lipinski definition) is 0. The van der Waals surface area contributed by atoms with Gasteiger partial charge >= 0.3 is 0 Å². The molecule has 1 aromatic heterocycles. The predicted octanol–water partition coefficient (Wildman–Crippen LogP) is 1.36. The second-order valence-corrected chi connectivity index (χ2v) is 5.11. The van der Waals surface area contributed by atoms with Crippen molar-refractivity contribution in [2.45, 2.75) is 16.9 Å². The predicted molar refractivity (Wildman–Crippen MR) is 54.3 cm³/mol. The van der Waals surface area contributed by atoms with Gasteiger partial charge in [-0.15, -0.1) is 23.2 Å². The number of alkyl halides is 2. The summed E-state index contributed by atoms with van der Waals surface area (Å²) < 4.78 is 22.2. The number of nitrogens with zero attached hydrogens (tertiary/aromatic N) is 2. The summed E-state index contributed by atoms with van der Waals surface area (Å²) >= 11 is 11.2. The molecule has 0 bridgehead atoms. The quantitative estimate of drug-likeness (QED) is 0.604. The van der Waals surface area contributed by atoms with Crippen molar-refractivity contribution in [2.24, 2.45) is 0 Å². The standard InChI is InChI=1S/C7H8Cl2N2O2S/c1-14(12,13)7-10-4-5(2-8)6(3-9)11-7/h4H,2-3H2,1H3. The lowest BCUT2D eigenvalue weighted by molar-refractivity contribution is 0.592. The highest BCUT2D eigenvalue weighted by molar-refractivity contribution is 7.90. The molecule has 14 heavy (non-hydrogen) atoms. The molecule has 7 heteroatoms. The third-order valence-corrected chi connectivity index (χ3v) is 2.94. The maximum Gasteiger partial charge on any atom is 0.247 e. The molecule has 0 spiro atoms. The number of aromatic nitrogens is 2. The molecular weight excluding hydrogens is 247 g/mol. The molecule has 1 aromatic rings. The van der Waals surface area contributed by atoms with Gasteiger partial charge in [0.15, 0.2) is 0 Å². The Hall–Kier alpha value is -0.390. The Bertz CT molecular complexity index is 433. The second kappa shape index (κ2) is 4.42. The summed E-state index contributed by atoms with van der Waals surface area (Å²) in [6.07, 6.45) is 2.43. The van der Waals surface area contributed by atoms with E-state index in [1.807, 2.05) is 0 Å². The lowest BCUT2D eigenvalue weighted by Crippen LogP contribution is -2.07. The second-order valence-electron chi connectivity index (χ2n) is 2.66. The van der Waals surface area contributed by atoms with Crippen molar-refractivity contribution < 1.29 is 8.42 Å². The molecule has 0 amide bonds. The van der Waals surface area contributed by atoms with Gasteiger partial charge in [0.1, 0.15) is 0 Å². The monoisotopic (exact) mass is 254 g/mol.